The van der Waals surface area contributed by atoms with Gasteiger partial charge in [-0.05, 0) is 30.5 Å². The molecule has 0 bridgehead atoms. The third-order valence-corrected chi connectivity index (χ3v) is 5.68. The van der Waals surface area contributed by atoms with Crippen LogP contribution in [0, 0.1) is 0 Å². The molecule has 1 heterocycles. The molecule has 1 atom stereocenters. The van der Waals surface area contributed by atoms with Gasteiger partial charge in [0.2, 0.25) is 11.1 Å². The lowest BCUT2D eigenvalue weighted by molar-refractivity contribution is -0.120. The Bertz CT molecular complexity index is 958. The fourth-order valence-corrected chi connectivity index (χ4v) is 3.85. The standard InChI is InChI=1S/C19H18ClN5OS/c20-14-8-4-7-13(11-14)17-23-24-19(25(17)21)27-16(12-5-2-1-3-6-12)18(26)22-15-9-10-15/h1-8,11,15-16H,9-10,21H2,(H,22,26)/t16-/m0/s1. The summed E-state index contributed by atoms with van der Waals surface area (Å²) in [4.78, 5) is 12.8. The molecule has 1 saturated carbocycles. The molecule has 8 heteroatoms. The lowest BCUT2D eigenvalue weighted by Crippen LogP contribution is -2.30. The third-order valence-electron chi connectivity index (χ3n) is 4.23. The number of carbonyl (C=O) groups excluding carboxylic acids is 1. The smallest absolute Gasteiger partial charge is 0.238 e. The summed E-state index contributed by atoms with van der Waals surface area (Å²) in [6.45, 7) is 0. The molecule has 1 amide bonds. The van der Waals surface area contributed by atoms with Crippen molar-refractivity contribution < 1.29 is 4.79 Å². The van der Waals surface area contributed by atoms with Gasteiger partial charge in [0.05, 0.1) is 0 Å². The van der Waals surface area contributed by atoms with Crippen LogP contribution in [0.3, 0.4) is 0 Å². The molecule has 4 rings (SSSR count). The molecule has 6 nitrogen and oxygen atoms in total. The number of nitrogens with zero attached hydrogens (tertiary/aromatic N) is 3. The van der Waals surface area contributed by atoms with Crippen LogP contribution in [-0.2, 0) is 4.79 Å². The molecule has 0 unspecified atom stereocenters. The lowest BCUT2D eigenvalue weighted by atomic mass is 10.1. The van der Waals surface area contributed by atoms with Crippen LogP contribution >= 0.6 is 23.4 Å². The summed E-state index contributed by atoms with van der Waals surface area (Å²) in [5, 5.41) is 12.0. The zero-order valence-corrected chi connectivity index (χ0v) is 16.0. The molecule has 2 aromatic carbocycles. The Hall–Kier alpha value is -2.51. The van der Waals surface area contributed by atoms with Crippen LogP contribution in [0.5, 0.6) is 0 Å². The number of hydrogen-bond acceptors (Lipinski definition) is 5. The predicted octanol–water partition coefficient (Wildman–Crippen LogP) is 3.42. The summed E-state index contributed by atoms with van der Waals surface area (Å²) in [5.41, 5.74) is 1.66. The maximum atomic E-state index is 12.8. The Morgan fingerprint density at radius 3 is 2.67 bits per heavy atom. The molecular formula is C19H18ClN5OS. The number of halogens is 1. The Morgan fingerprint density at radius 2 is 1.96 bits per heavy atom. The minimum absolute atomic E-state index is 0.0407. The van der Waals surface area contributed by atoms with E-state index >= 15 is 0 Å². The normalized spacial score (nSPS) is 14.7. The van der Waals surface area contributed by atoms with Crippen LogP contribution in [0.2, 0.25) is 5.02 Å². The van der Waals surface area contributed by atoms with E-state index in [4.69, 9.17) is 17.4 Å². The molecule has 3 N–H and O–H groups in total. The average Bonchev–Trinajstić information content (AvgIpc) is 3.41. The van der Waals surface area contributed by atoms with E-state index in [1.807, 2.05) is 42.5 Å². The van der Waals surface area contributed by atoms with E-state index in [0.717, 1.165) is 24.0 Å². The number of nitrogens with one attached hydrogen (secondary N) is 1. The van der Waals surface area contributed by atoms with Crippen molar-refractivity contribution in [3.8, 4) is 11.4 Å². The number of rotatable bonds is 6. The number of amides is 1. The SMILES string of the molecule is Nn1c(S[C@H](C(=O)NC2CC2)c2ccccc2)nnc1-c1cccc(Cl)c1. The molecule has 0 aliphatic heterocycles. The second-order valence-corrected chi connectivity index (χ2v) is 7.89. The van der Waals surface area contributed by atoms with Gasteiger partial charge in [-0.3, -0.25) is 4.79 Å². The molecule has 0 spiro atoms. The van der Waals surface area contributed by atoms with Crippen LogP contribution in [0.4, 0.5) is 0 Å². The van der Waals surface area contributed by atoms with E-state index in [9.17, 15) is 4.79 Å². The van der Waals surface area contributed by atoms with Crippen molar-refractivity contribution in [1.82, 2.24) is 20.2 Å². The number of carbonyl (C=O) groups is 1. The number of thioether (sulfide) groups is 1. The van der Waals surface area contributed by atoms with E-state index in [1.165, 1.54) is 16.4 Å². The van der Waals surface area contributed by atoms with Crippen molar-refractivity contribution in [1.29, 1.82) is 0 Å². The molecule has 138 valence electrons. The molecule has 1 aromatic heterocycles. The van der Waals surface area contributed by atoms with Crippen molar-refractivity contribution in [2.24, 2.45) is 0 Å². The first kappa shape index (κ1) is 17.9. The second-order valence-electron chi connectivity index (χ2n) is 6.38. The van der Waals surface area contributed by atoms with Gasteiger partial charge in [-0.2, -0.15) is 0 Å². The van der Waals surface area contributed by atoms with Gasteiger partial charge in [-0.1, -0.05) is 65.8 Å². The summed E-state index contributed by atoms with van der Waals surface area (Å²) < 4.78 is 1.40. The average molecular weight is 400 g/mol. The zero-order valence-electron chi connectivity index (χ0n) is 14.4. The Kier molecular flexibility index (Phi) is 5.05. The number of aromatic nitrogens is 3. The monoisotopic (exact) mass is 399 g/mol. The first-order chi connectivity index (χ1) is 13.1. The number of nitrogens with two attached hydrogens (primary N) is 1. The second kappa shape index (κ2) is 7.62. The Balaban J connectivity index is 1.62. The fraction of sp³-hybridized carbons (Fsp3) is 0.211. The summed E-state index contributed by atoms with van der Waals surface area (Å²) in [6.07, 6.45) is 2.06. The highest BCUT2D eigenvalue weighted by atomic mass is 35.5. The van der Waals surface area contributed by atoms with E-state index in [2.05, 4.69) is 15.5 Å². The molecular weight excluding hydrogens is 382 g/mol. The van der Waals surface area contributed by atoms with Crippen molar-refractivity contribution in [2.75, 3.05) is 5.84 Å². The van der Waals surface area contributed by atoms with Gasteiger partial charge in [0.25, 0.3) is 0 Å². The zero-order chi connectivity index (χ0) is 18.8. The lowest BCUT2D eigenvalue weighted by Gasteiger charge is -2.16. The van der Waals surface area contributed by atoms with Gasteiger partial charge in [0, 0.05) is 16.6 Å². The van der Waals surface area contributed by atoms with Crippen molar-refractivity contribution in [3.63, 3.8) is 0 Å². The van der Waals surface area contributed by atoms with Gasteiger partial charge in [0.1, 0.15) is 5.25 Å². The largest absolute Gasteiger partial charge is 0.352 e. The molecule has 0 saturated heterocycles. The Labute approximate surface area is 166 Å². The molecule has 27 heavy (non-hydrogen) atoms. The minimum Gasteiger partial charge on any atom is -0.352 e. The van der Waals surface area contributed by atoms with E-state index in [-0.39, 0.29) is 11.9 Å². The molecule has 1 aliphatic rings. The van der Waals surface area contributed by atoms with Gasteiger partial charge in [-0.15, -0.1) is 10.2 Å². The minimum atomic E-state index is -0.453. The highest BCUT2D eigenvalue weighted by molar-refractivity contribution is 8.00. The molecule has 1 fully saturated rings. The summed E-state index contributed by atoms with van der Waals surface area (Å²) >= 11 is 7.34. The van der Waals surface area contributed by atoms with E-state index in [0.29, 0.717) is 16.0 Å². The van der Waals surface area contributed by atoms with Crippen molar-refractivity contribution in [2.45, 2.75) is 29.3 Å². The van der Waals surface area contributed by atoms with Crippen LogP contribution < -0.4 is 11.2 Å². The molecule has 0 radical (unpaired) electrons. The maximum Gasteiger partial charge on any atom is 0.238 e. The topological polar surface area (TPSA) is 85.8 Å². The number of benzene rings is 2. The first-order valence-corrected chi connectivity index (χ1v) is 9.86. The number of nitrogen functional groups attached to an aromatic ring is 1. The van der Waals surface area contributed by atoms with Crippen LogP contribution in [0.15, 0.2) is 59.8 Å². The molecule has 1 aliphatic carbocycles. The first-order valence-electron chi connectivity index (χ1n) is 8.60. The van der Waals surface area contributed by atoms with Crippen LogP contribution in [0.25, 0.3) is 11.4 Å². The van der Waals surface area contributed by atoms with Gasteiger partial charge in [-0.25, -0.2) is 4.68 Å². The summed E-state index contributed by atoms with van der Waals surface area (Å²) in [7, 11) is 0. The van der Waals surface area contributed by atoms with Crippen LogP contribution in [0.1, 0.15) is 23.7 Å². The van der Waals surface area contributed by atoms with Crippen molar-refractivity contribution >= 4 is 29.3 Å². The highest BCUT2D eigenvalue weighted by Crippen LogP contribution is 2.36. The quantitative estimate of drug-likeness (QED) is 0.490. The van der Waals surface area contributed by atoms with Crippen molar-refractivity contribution in [3.05, 3.63) is 65.2 Å². The third kappa shape index (κ3) is 4.09. The van der Waals surface area contributed by atoms with Crippen LogP contribution in [-0.4, -0.2) is 26.8 Å². The predicted molar refractivity (Wildman–Crippen MR) is 107 cm³/mol. The van der Waals surface area contributed by atoms with Gasteiger partial charge < -0.3 is 11.2 Å². The fourth-order valence-electron chi connectivity index (χ4n) is 2.69. The summed E-state index contributed by atoms with van der Waals surface area (Å²) in [5.74, 6) is 6.68. The van der Waals surface area contributed by atoms with E-state index in [1.54, 1.807) is 12.1 Å². The summed E-state index contributed by atoms with van der Waals surface area (Å²) in [6, 6.07) is 17.1. The maximum absolute atomic E-state index is 12.8. The molecule has 3 aromatic rings. The van der Waals surface area contributed by atoms with Gasteiger partial charge >= 0.3 is 0 Å². The van der Waals surface area contributed by atoms with E-state index < -0.39 is 5.25 Å². The highest BCUT2D eigenvalue weighted by Gasteiger charge is 2.30. The number of hydrogen-bond donors (Lipinski definition) is 2. The Morgan fingerprint density at radius 1 is 1.19 bits per heavy atom. The van der Waals surface area contributed by atoms with Gasteiger partial charge in [0.15, 0.2) is 5.82 Å².